The molecule has 104 valence electrons. The Bertz CT molecular complexity index is 642. The number of hydrogen-bond donors (Lipinski definition) is 1. The molecule has 0 spiro atoms. The second-order valence-electron chi connectivity index (χ2n) is 5.10. The first-order valence-electron chi connectivity index (χ1n) is 6.76. The molecule has 1 aliphatic rings. The van der Waals surface area contributed by atoms with Gasteiger partial charge >= 0.3 is 0 Å². The number of pyridine rings is 1. The van der Waals surface area contributed by atoms with Gasteiger partial charge in [-0.25, -0.2) is 0 Å². The van der Waals surface area contributed by atoms with Crippen LogP contribution in [0.3, 0.4) is 0 Å². The molecule has 1 aliphatic heterocycles. The zero-order valence-corrected chi connectivity index (χ0v) is 13.2. The van der Waals surface area contributed by atoms with Gasteiger partial charge < -0.3 is 10.1 Å². The second kappa shape index (κ2) is 5.44. The Hall–Kier alpha value is -1.55. The number of rotatable bonds is 2. The minimum Gasteiger partial charge on any atom is -0.493 e. The predicted octanol–water partition coefficient (Wildman–Crippen LogP) is 4.40. The van der Waals surface area contributed by atoms with E-state index in [0.717, 1.165) is 40.3 Å². The molecule has 1 atom stereocenters. The molecule has 1 unspecified atom stereocenters. The van der Waals surface area contributed by atoms with Crippen LogP contribution in [0.1, 0.15) is 29.4 Å². The standard InChI is InChI=1S/C16H17BrN2O/c1-10-3-5-14(11(2)18-10)19-15-7-8-20-16-6-4-12(17)9-13(15)16/h3-6,9,15,19H,7-8H2,1-2H3. The van der Waals surface area contributed by atoms with E-state index in [9.17, 15) is 0 Å². The van der Waals surface area contributed by atoms with Crippen LogP contribution in [0.25, 0.3) is 0 Å². The highest BCUT2D eigenvalue weighted by atomic mass is 79.9. The summed E-state index contributed by atoms with van der Waals surface area (Å²) in [6.45, 7) is 4.79. The van der Waals surface area contributed by atoms with Gasteiger partial charge in [0.25, 0.3) is 0 Å². The number of aryl methyl sites for hydroxylation is 2. The Balaban J connectivity index is 1.91. The van der Waals surface area contributed by atoms with Crippen molar-refractivity contribution < 1.29 is 4.74 Å². The third-order valence-corrected chi connectivity index (χ3v) is 4.06. The zero-order valence-electron chi connectivity index (χ0n) is 11.6. The first-order valence-corrected chi connectivity index (χ1v) is 7.56. The maximum Gasteiger partial charge on any atom is 0.124 e. The van der Waals surface area contributed by atoms with Gasteiger partial charge in [0.05, 0.1) is 24.0 Å². The fraction of sp³-hybridized carbons (Fsp3) is 0.312. The van der Waals surface area contributed by atoms with Gasteiger partial charge in [-0.1, -0.05) is 15.9 Å². The molecule has 20 heavy (non-hydrogen) atoms. The van der Waals surface area contributed by atoms with Gasteiger partial charge in [0, 0.05) is 22.2 Å². The van der Waals surface area contributed by atoms with Crippen molar-refractivity contribution in [3.63, 3.8) is 0 Å². The van der Waals surface area contributed by atoms with Crippen molar-refractivity contribution in [3.05, 3.63) is 51.8 Å². The smallest absolute Gasteiger partial charge is 0.124 e. The van der Waals surface area contributed by atoms with Crippen LogP contribution in [-0.2, 0) is 0 Å². The number of anilines is 1. The molecule has 0 saturated heterocycles. The summed E-state index contributed by atoms with van der Waals surface area (Å²) in [6.07, 6.45) is 0.955. The first-order chi connectivity index (χ1) is 9.63. The lowest BCUT2D eigenvalue weighted by Gasteiger charge is -2.28. The van der Waals surface area contributed by atoms with E-state index in [0.29, 0.717) is 0 Å². The van der Waals surface area contributed by atoms with E-state index in [1.165, 1.54) is 5.56 Å². The van der Waals surface area contributed by atoms with Crippen molar-refractivity contribution in [1.29, 1.82) is 0 Å². The average Bonchev–Trinajstić information content (AvgIpc) is 2.42. The molecule has 0 bridgehead atoms. The second-order valence-corrected chi connectivity index (χ2v) is 6.02. The summed E-state index contributed by atoms with van der Waals surface area (Å²) >= 11 is 3.53. The van der Waals surface area contributed by atoms with Crippen LogP contribution in [0, 0.1) is 13.8 Å². The molecule has 2 aromatic rings. The lowest BCUT2D eigenvalue weighted by molar-refractivity contribution is 0.274. The van der Waals surface area contributed by atoms with E-state index in [1.807, 2.05) is 32.0 Å². The quantitative estimate of drug-likeness (QED) is 0.885. The molecule has 0 aliphatic carbocycles. The number of ether oxygens (including phenoxy) is 1. The van der Waals surface area contributed by atoms with Crippen LogP contribution in [0.2, 0.25) is 0 Å². The van der Waals surface area contributed by atoms with E-state index in [2.05, 4.69) is 38.4 Å². The lowest BCUT2D eigenvalue weighted by atomic mass is 10.00. The summed E-state index contributed by atoms with van der Waals surface area (Å²) in [6, 6.07) is 10.6. The molecular formula is C16H17BrN2O. The molecule has 4 heteroatoms. The Morgan fingerprint density at radius 1 is 1.25 bits per heavy atom. The molecule has 1 aromatic carbocycles. The first kappa shape index (κ1) is 13.4. The number of fused-ring (bicyclic) bond motifs is 1. The molecule has 0 fully saturated rings. The van der Waals surface area contributed by atoms with Crippen molar-refractivity contribution in [3.8, 4) is 5.75 Å². The molecular weight excluding hydrogens is 316 g/mol. The van der Waals surface area contributed by atoms with Crippen molar-refractivity contribution in [2.45, 2.75) is 26.3 Å². The van der Waals surface area contributed by atoms with Gasteiger partial charge in [-0.3, -0.25) is 4.98 Å². The molecule has 3 rings (SSSR count). The number of hydrogen-bond acceptors (Lipinski definition) is 3. The van der Waals surface area contributed by atoms with Crippen LogP contribution < -0.4 is 10.1 Å². The fourth-order valence-corrected chi connectivity index (χ4v) is 2.92. The Labute approximate surface area is 127 Å². The SMILES string of the molecule is Cc1ccc(NC2CCOc3ccc(Br)cc32)c(C)n1. The van der Waals surface area contributed by atoms with E-state index in [-0.39, 0.29) is 6.04 Å². The Kier molecular flexibility index (Phi) is 3.66. The van der Waals surface area contributed by atoms with E-state index >= 15 is 0 Å². The molecule has 1 N–H and O–H groups in total. The monoisotopic (exact) mass is 332 g/mol. The molecule has 0 amide bonds. The highest BCUT2D eigenvalue weighted by Crippen LogP contribution is 2.36. The largest absolute Gasteiger partial charge is 0.493 e. The minimum atomic E-state index is 0.263. The fourth-order valence-electron chi connectivity index (χ4n) is 2.54. The number of halogens is 1. The summed E-state index contributed by atoms with van der Waals surface area (Å²) in [5.41, 5.74) is 4.37. The molecule has 2 heterocycles. The van der Waals surface area contributed by atoms with Crippen LogP contribution >= 0.6 is 15.9 Å². The highest BCUT2D eigenvalue weighted by molar-refractivity contribution is 9.10. The van der Waals surface area contributed by atoms with Gasteiger partial charge in [0.1, 0.15) is 5.75 Å². The van der Waals surface area contributed by atoms with Crippen molar-refractivity contribution >= 4 is 21.6 Å². The van der Waals surface area contributed by atoms with Gasteiger partial charge in [-0.2, -0.15) is 0 Å². The normalized spacial score (nSPS) is 17.2. The maximum absolute atomic E-state index is 5.72. The van der Waals surface area contributed by atoms with Gasteiger partial charge in [0.15, 0.2) is 0 Å². The topological polar surface area (TPSA) is 34.1 Å². The Morgan fingerprint density at radius 3 is 2.90 bits per heavy atom. The summed E-state index contributed by atoms with van der Waals surface area (Å²) in [4.78, 5) is 4.51. The zero-order chi connectivity index (χ0) is 14.1. The van der Waals surface area contributed by atoms with Crippen LogP contribution in [-0.4, -0.2) is 11.6 Å². The van der Waals surface area contributed by atoms with E-state index < -0.39 is 0 Å². The van der Waals surface area contributed by atoms with Crippen LogP contribution in [0.15, 0.2) is 34.8 Å². The number of nitrogens with zero attached hydrogens (tertiary/aromatic N) is 1. The number of nitrogens with one attached hydrogen (secondary N) is 1. The Morgan fingerprint density at radius 2 is 2.10 bits per heavy atom. The van der Waals surface area contributed by atoms with Crippen molar-refractivity contribution in [2.75, 3.05) is 11.9 Å². The number of benzene rings is 1. The van der Waals surface area contributed by atoms with Crippen molar-refractivity contribution in [1.82, 2.24) is 4.98 Å². The summed E-state index contributed by atoms with van der Waals surface area (Å²) in [5, 5.41) is 3.60. The van der Waals surface area contributed by atoms with Gasteiger partial charge in [-0.05, 0) is 44.2 Å². The lowest BCUT2D eigenvalue weighted by Crippen LogP contribution is -2.21. The average molecular weight is 333 g/mol. The highest BCUT2D eigenvalue weighted by Gasteiger charge is 2.22. The molecule has 1 aromatic heterocycles. The maximum atomic E-state index is 5.72. The van der Waals surface area contributed by atoms with Crippen LogP contribution in [0.5, 0.6) is 5.75 Å². The number of aromatic nitrogens is 1. The van der Waals surface area contributed by atoms with Crippen LogP contribution in [0.4, 0.5) is 5.69 Å². The molecule has 0 saturated carbocycles. The molecule has 3 nitrogen and oxygen atoms in total. The third-order valence-electron chi connectivity index (χ3n) is 3.57. The van der Waals surface area contributed by atoms with E-state index in [1.54, 1.807) is 0 Å². The predicted molar refractivity (Wildman–Crippen MR) is 84.3 cm³/mol. The summed E-state index contributed by atoms with van der Waals surface area (Å²) in [7, 11) is 0. The summed E-state index contributed by atoms with van der Waals surface area (Å²) < 4.78 is 6.80. The minimum absolute atomic E-state index is 0.263. The third kappa shape index (κ3) is 2.66. The molecule has 0 radical (unpaired) electrons. The van der Waals surface area contributed by atoms with Gasteiger partial charge in [0.2, 0.25) is 0 Å². The summed E-state index contributed by atoms with van der Waals surface area (Å²) in [5.74, 6) is 0.967. The van der Waals surface area contributed by atoms with Crippen molar-refractivity contribution in [2.24, 2.45) is 0 Å². The van der Waals surface area contributed by atoms with Gasteiger partial charge in [-0.15, -0.1) is 0 Å². The van der Waals surface area contributed by atoms with E-state index in [4.69, 9.17) is 4.74 Å².